The van der Waals surface area contributed by atoms with Crippen LogP contribution in [-0.4, -0.2) is 16.8 Å². The fraction of sp³-hybridized carbons (Fsp3) is 0.333. The van der Waals surface area contributed by atoms with E-state index in [4.69, 9.17) is 9.47 Å². The molecule has 2 unspecified atom stereocenters. The van der Waals surface area contributed by atoms with E-state index in [2.05, 4.69) is 13.8 Å². The average molecular weight is 409 g/mol. The molecule has 4 rings (SSSR count). The molecule has 29 heavy (non-hydrogen) atoms. The van der Waals surface area contributed by atoms with Crippen molar-refractivity contribution in [1.29, 1.82) is 0 Å². The van der Waals surface area contributed by atoms with Crippen LogP contribution in [0.4, 0.5) is 0 Å². The van der Waals surface area contributed by atoms with Gasteiger partial charge in [-0.15, -0.1) is 0 Å². The zero-order valence-electron chi connectivity index (χ0n) is 16.6. The number of hydrogen-bond acceptors (Lipinski definition) is 5. The molecule has 0 amide bonds. The number of allylic oxidation sites excluding steroid dienone is 1. The van der Waals surface area contributed by atoms with Crippen molar-refractivity contribution in [3.8, 4) is 11.5 Å². The van der Waals surface area contributed by atoms with Crippen LogP contribution in [0.1, 0.15) is 25.8 Å². The fourth-order valence-electron chi connectivity index (χ4n) is 3.82. The summed E-state index contributed by atoms with van der Waals surface area (Å²) in [6.45, 7) is 4.32. The molecule has 2 aliphatic rings. The largest absolute Gasteiger partial charge is 0.461 e. The van der Waals surface area contributed by atoms with Crippen LogP contribution in [0.3, 0.4) is 0 Å². The molecule has 4 nitrogen and oxygen atoms in total. The molecule has 2 fully saturated rings. The zero-order chi connectivity index (χ0) is 20.4. The first-order valence-electron chi connectivity index (χ1n) is 9.81. The highest BCUT2D eigenvalue weighted by atomic mass is 32.2. The molecule has 0 spiro atoms. The van der Waals surface area contributed by atoms with Crippen molar-refractivity contribution in [2.75, 3.05) is 5.75 Å². The topological polar surface area (TPSA) is 52.6 Å². The SMILES string of the molecule is CC1(C)C(/C=C2\CCSC2=O)C1C(=O)OCc1cccc(Oc2ccccc2)c1. The lowest BCUT2D eigenvalue weighted by molar-refractivity contribution is -0.147. The second-order valence-corrected chi connectivity index (χ2v) is 9.14. The lowest BCUT2D eigenvalue weighted by Crippen LogP contribution is -2.10. The Kier molecular flexibility index (Phi) is 5.50. The Morgan fingerprint density at radius 2 is 1.90 bits per heavy atom. The van der Waals surface area contributed by atoms with Gasteiger partial charge in [-0.2, -0.15) is 0 Å². The molecule has 1 saturated heterocycles. The van der Waals surface area contributed by atoms with Crippen molar-refractivity contribution in [2.24, 2.45) is 17.3 Å². The normalized spacial score (nSPS) is 23.8. The molecule has 2 aromatic carbocycles. The molecule has 0 radical (unpaired) electrons. The van der Waals surface area contributed by atoms with Crippen LogP contribution >= 0.6 is 11.8 Å². The van der Waals surface area contributed by atoms with Crippen molar-refractivity contribution in [3.63, 3.8) is 0 Å². The van der Waals surface area contributed by atoms with E-state index in [0.29, 0.717) is 5.75 Å². The number of para-hydroxylation sites is 1. The molecule has 2 aromatic rings. The summed E-state index contributed by atoms with van der Waals surface area (Å²) < 4.78 is 11.4. The summed E-state index contributed by atoms with van der Waals surface area (Å²) in [4.78, 5) is 24.5. The number of hydrogen-bond donors (Lipinski definition) is 0. The van der Waals surface area contributed by atoms with E-state index in [1.807, 2.05) is 60.7 Å². The summed E-state index contributed by atoms with van der Waals surface area (Å²) in [5.74, 6) is 1.98. The van der Waals surface area contributed by atoms with Gasteiger partial charge in [0.05, 0.1) is 5.92 Å². The predicted molar refractivity (Wildman–Crippen MR) is 114 cm³/mol. The molecular weight excluding hydrogens is 384 g/mol. The molecular formula is C24H24O4S. The van der Waals surface area contributed by atoms with Crippen LogP contribution in [0, 0.1) is 17.3 Å². The summed E-state index contributed by atoms with van der Waals surface area (Å²) in [6, 6.07) is 17.1. The van der Waals surface area contributed by atoms with Crippen LogP contribution in [-0.2, 0) is 20.9 Å². The van der Waals surface area contributed by atoms with Gasteiger partial charge in [0.2, 0.25) is 5.12 Å². The van der Waals surface area contributed by atoms with Crippen LogP contribution in [0.25, 0.3) is 0 Å². The minimum Gasteiger partial charge on any atom is -0.461 e. The Labute approximate surface area is 175 Å². The quantitative estimate of drug-likeness (QED) is 0.474. The third kappa shape index (κ3) is 4.40. The molecule has 1 heterocycles. The molecule has 0 aromatic heterocycles. The number of ether oxygens (including phenoxy) is 2. The standard InChI is InChI=1S/C24H24O4S/c1-24(2)20(14-17-11-12-29-23(17)26)21(24)22(25)27-15-16-7-6-10-19(13-16)28-18-8-4-3-5-9-18/h3-10,13-14,20-21H,11-12,15H2,1-2H3/b17-14+. The first-order chi connectivity index (χ1) is 13.9. The predicted octanol–water partition coefficient (Wildman–Crippen LogP) is 5.38. The Morgan fingerprint density at radius 1 is 1.14 bits per heavy atom. The second kappa shape index (κ2) is 8.07. The van der Waals surface area contributed by atoms with Crippen molar-refractivity contribution in [3.05, 3.63) is 71.8 Å². The number of benzene rings is 2. The number of thioether (sulfide) groups is 1. The Balaban J connectivity index is 1.36. The van der Waals surface area contributed by atoms with E-state index in [1.54, 1.807) is 0 Å². The minimum atomic E-state index is -0.204. The highest BCUT2D eigenvalue weighted by Gasteiger charge is 2.61. The first-order valence-corrected chi connectivity index (χ1v) is 10.8. The maximum atomic E-state index is 12.7. The summed E-state index contributed by atoms with van der Waals surface area (Å²) in [7, 11) is 0. The van der Waals surface area contributed by atoms with Crippen LogP contribution < -0.4 is 4.74 Å². The number of esters is 1. The van der Waals surface area contributed by atoms with Crippen LogP contribution in [0.15, 0.2) is 66.2 Å². The summed E-state index contributed by atoms with van der Waals surface area (Å²) in [5.41, 5.74) is 1.56. The third-order valence-electron chi connectivity index (χ3n) is 5.67. The van der Waals surface area contributed by atoms with E-state index in [0.717, 1.165) is 29.1 Å². The highest BCUT2D eigenvalue weighted by Crippen LogP contribution is 2.60. The molecule has 0 N–H and O–H groups in total. The summed E-state index contributed by atoms with van der Waals surface area (Å²) in [6.07, 6.45) is 2.80. The van der Waals surface area contributed by atoms with Gasteiger partial charge < -0.3 is 9.47 Å². The first kappa shape index (κ1) is 19.8. The Bertz CT molecular complexity index is 948. The Morgan fingerprint density at radius 3 is 2.62 bits per heavy atom. The second-order valence-electron chi connectivity index (χ2n) is 8.07. The fourth-order valence-corrected chi connectivity index (χ4v) is 4.69. The van der Waals surface area contributed by atoms with E-state index < -0.39 is 0 Å². The van der Waals surface area contributed by atoms with Crippen molar-refractivity contribution in [2.45, 2.75) is 26.9 Å². The van der Waals surface area contributed by atoms with Gasteiger partial charge in [0, 0.05) is 11.3 Å². The molecule has 2 atom stereocenters. The number of carbonyl (C=O) groups excluding carboxylic acids is 2. The maximum Gasteiger partial charge on any atom is 0.310 e. The molecule has 1 saturated carbocycles. The number of rotatable bonds is 6. The third-order valence-corrected chi connectivity index (χ3v) is 6.60. The van der Waals surface area contributed by atoms with Crippen molar-refractivity contribution >= 4 is 22.8 Å². The maximum absolute atomic E-state index is 12.7. The van der Waals surface area contributed by atoms with Crippen LogP contribution in [0.5, 0.6) is 11.5 Å². The van der Waals surface area contributed by atoms with Crippen molar-refractivity contribution < 1.29 is 19.1 Å². The minimum absolute atomic E-state index is 0.0698. The zero-order valence-corrected chi connectivity index (χ0v) is 17.4. The van der Waals surface area contributed by atoms with Crippen molar-refractivity contribution in [1.82, 2.24) is 0 Å². The van der Waals surface area contributed by atoms with Gasteiger partial charge in [-0.1, -0.05) is 62.0 Å². The van der Waals surface area contributed by atoms with E-state index in [9.17, 15) is 9.59 Å². The summed E-state index contributed by atoms with van der Waals surface area (Å²) >= 11 is 1.36. The van der Waals surface area contributed by atoms with Gasteiger partial charge in [-0.05, 0) is 47.6 Å². The molecule has 1 aliphatic carbocycles. The number of carbonyl (C=O) groups is 2. The molecule has 150 valence electrons. The molecule has 0 bridgehead atoms. The van der Waals surface area contributed by atoms with Gasteiger partial charge in [0.25, 0.3) is 0 Å². The highest BCUT2D eigenvalue weighted by molar-refractivity contribution is 8.14. The van der Waals surface area contributed by atoms with Gasteiger partial charge in [0.15, 0.2) is 0 Å². The van der Waals surface area contributed by atoms with Gasteiger partial charge >= 0.3 is 5.97 Å². The Hall–Kier alpha value is -2.53. The van der Waals surface area contributed by atoms with Gasteiger partial charge in [-0.25, -0.2) is 0 Å². The summed E-state index contributed by atoms with van der Waals surface area (Å²) in [5, 5.41) is 0.148. The van der Waals surface area contributed by atoms with Gasteiger partial charge in [-0.3, -0.25) is 9.59 Å². The lowest BCUT2D eigenvalue weighted by atomic mass is 10.1. The van der Waals surface area contributed by atoms with E-state index in [1.165, 1.54) is 11.8 Å². The van der Waals surface area contributed by atoms with Gasteiger partial charge in [0.1, 0.15) is 18.1 Å². The smallest absolute Gasteiger partial charge is 0.310 e. The van der Waals surface area contributed by atoms with E-state index in [-0.39, 0.29) is 34.9 Å². The monoisotopic (exact) mass is 408 g/mol. The van der Waals surface area contributed by atoms with E-state index >= 15 is 0 Å². The van der Waals surface area contributed by atoms with Crippen LogP contribution in [0.2, 0.25) is 0 Å². The molecule has 5 heteroatoms. The molecule has 1 aliphatic heterocycles. The lowest BCUT2D eigenvalue weighted by Gasteiger charge is -2.09. The average Bonchev–Trinajstić information content (AvgIpc) is 3.01.